The molecule has 0 bridgehead atoms. The van der Waals surface area contributed by atoms with E-state index in [4.69, 9.17) is 4.74 Å². The Morgan fingerprint density at radius 1 is 1.30 bits per heavy atom. The average molecular weight is 362 g/mol. The molecule has 0 aromatic heterocycles. The Morgan fingerprint density at radius 3 is 2.55 bits per heavy atom. The van der Waals surface area contributed by atoms with Crippen LogP contribution in [0.2, 0.25) is 0 Å². The molecule has 0 saturated carbocycles. The predicted molar refractivity (Wildman–Crippen MR) is 83.3 cm³/mol. The lowest BCUT2D eigenvalue weighted by atomic mass is 9.88. The minimum absolute atomic E-state index is 0.158. The highest BCUT2D eigenvalue weighted by Gasteiger charge is 2.31. The molecule has 1 aromatic carbocycles. The number of ether oxygens (including phenoxy) is 1. The molecule has 1 aromatic rings. The van der Waals surface area contributed by atoms with Gasteiger partial charge in [-0.05, 0) is 38.0 Å². The molecular formula is C14H20BrNO3S. The summed E-state index contributed by atoms with van der Waals surface area (Å²) in [6, 6.07) is 7.85. The van der Waals surface area contributed by atoms with E-state index in [1.807, 2.05) is 24.3 Å². The van der Waals surface area contributed by atoms with E-state index in [9.17, 15) is 8.42 Å². The topological polar surface area (TPSA) is 55.4 Å². The number of nitrogens with one attached hydrogen (secondary N) is 1. The van der Waals surface area contributed by atoms with Crippen molar-refractivity contribution in [3.8, 4) is 0 Å². The Labute approximate surface area is 129 Å². The summed E-state index contributed by atoms with van der Waals surface area (Å²) in [5.41, 5.74) is 1.15. The molecule has 0 amide bonds. The Bertz CT molecular complexity index is 542. The number of hydrogen-bond donors (Lipinski definition) is 1. The van der Waals surface area contributed by atoms with Gasteiger partial charge in [-0.3, -0.25) is 0 Å². The van der Waals surface area contributed by atoms with Crippen molar-refractivity contribution in [2.24, 2.45) is 0 Å². The van der Waals surface area contributed by atoms with E-state index < -0.39 is 15.3 Å². The number of halogens is 1. The highest BCUT2D eigenvalue weighted by molar-refractivity contribution is 9.10. The second kappa shape index (κ2) is 6.56. The Hall–Kier alpha value is -0.430. The lowest BCUT2D eigenvalue weighted by Crippen LogP contribution is -2.47. The van der Waals surface area contributed by atoms with Gasteiger partial charge in [-0.1, -0.05) is 28.1 Å². The zero-order chi connectivity index (χ0) is 14.8. The van der Waals surface area contributed by atoms with Crippen LogP contribution in [0.15, 0.2) is 28.7 Å². The summed E-state index contributed by atoms with van der Waals surface area (Å²) in [5.74, 6) is 0.158. The molecule has 1 N–H and O–H groups in total. The Balaban J connectivity index is 2.19. The van der Waals surface area contributed by atoms with Gasteiger partial charge in [-0.25, -0.2) is 13.1 Å². The molecule has 0 aliphatic carbocycles. The van der Waals surface area contributed by atoms with E-state index in [0.29, 0.717) is 13.2 Å². The summed E-state index contributed by atoms with van der Waals surface area (Å²) in [5, 5.41) is -0.435. The van der Waals surface area contributed by atoms with Gasteiger partial charge in [0.1, 0.15) is 0 Å². The van der Waals surface area contributed by atoms with Gasteiger partial charge in [-0.15, -0.1) is 0 Å². The molecule has 1 saturated heterocycles. The van der Waals surface area contributed by atoms with E-state index in [1.165, 1.54) is 0 Å². The normalized spacial score (nSPS) is 24.0. The molecule has 1 aliphatic heterocycles. The van der Waals surface area contributed by atoms with Crippen LogP contribution >= 0.6 is 15.9 Å². The van der Waals surface area contributed by atoms with Crippen molar-refractivity contribution in [2.75, 3.05) is 13.2 Å². The maximum absolute atomic E-state index is 12.1. The summed E-state index contributed by atoms with van der Waals surface area (Å²) in [6.07, 6.45) is 0.826. The maximum atomic E-state index is 12.1. The van der Waals surface area contributed by atoms with Crippen LogP contribution in [0, 0.1) is 0 Å². The fourth-order valence-corrected chi connectivity index (χ4v) is 3.50. The second-order valence-corrected chi connectivity index (χ2v) is 8.52. The van der Waals surface area contributed by atoms with Crippen LogP contribution < -0.4 is 4.72 Å². The molecule has 1 fully saturated rings. The van der Waals surface area contributed by atoms with Crippen molar-refractivity contribution >= 4 is 26.0 Å². The first-order chi connectivity index (χ1) is 9.40. The molecular weight excluding hydrogens is 342 g/mol. The van der Waals surface area contributed by atoms with E-state index in [1.54, 1.807) is 13.8 Å². The third-order valence-corrected chi connectivity index (χ3v) is 5.99. The van der Waals surface area contributed by atoms with E-state index in [2.05, 4.69) is 20.7 Å². The van der Waals surface area contributed by atoms with Crippen molar-refractivity contribution in [2.45, 2.75) is 37.5 Å². The number of rotatable bonds is 4. The SMILES string of the molecule is CC(C)S(=O)(=O)NC1COCCC1c1ccc(Br)cc1. The molecule has 6 heteroatoms. The maximum Gasteiger partial charge on any atom is 0.214 e. The quantitative estimate of drug-likeness (QED) is 0.896. The van der Waals surface area contributed by atoms with Gasteiger partial charge in [0.15, 0.2) is 0 Å². The van der Waals surface area contributed by atoms with E-state index >= 15 is 0 Å². The standard InChI is InChI=1S/C14H20BrNO3S/c1-10(2)20(17,18)16-14-9-19-8-7-13(14)11-3-5-12(15)6-4-11/h3-6,10,13-14,16H,7-9H2,1-2H3. The summed E-state index contributed by atoms with van der Waals surface area (Å²) >= 11 is 3.42. The third kappa shape index (κ3) is 3.81. The highest BCUT2D eigenvalue weighted by atomic mass is 79.9. The van der Waals surface area contributed by atoms with Gasteiger partial charge in [0.05, 0.1) is 17.9 Å². The van der Waals surface area contributed by atoms with Crippen LogP contribution in [0.25, 0.3) is 0 Å². The van der Waals surface area contributed by atoms with Crippen LogP contribution in [0.3, 0.4) is 0 Å². The van der Waals surface area contributed by atoms with Crippen LogP contribution in [-0.4, -0.2) is 32.9 Å². The molecule has 0 spiro atoms. The van der Waals surface area contributed by atoms with Gasteiger partial charge in [-0.2, -0.15) is 0 Å². The summed E-state index contributed by atoms with van der Waals surface area (Å²) in [7, 11) is -3.29. The van der Waals surface area contributed by atoms with Crippen molar-refractivity contribution in [1.82, 2.24) is 4.72 Å². The zero-order valence-corrected chi connectivity index (χ0v) is 14.1. The summed E-state index contributed by atoms with van der Waals surface area (Å²) < 4.78 is 33.4. The molecule has 2 atom stereocenters. The van der Waals surface area contributed by atoms with Crippen LogP contribution in [-0.2, 0) is 14.8 Å². The minimum atomic E-state index is -3.29. The molecule has 20 heavy (non-hydrogen) atoms. The minimum Gasteiger partial charge on any atom is -0.380 e. The van der Waals surface area contributed by atoms with Crippen molar-refractivity contribution < 1.29 is 13.2 Å². The number of hydrogen-bond acceptors (Lipinski definition) is 3. The molecule has 2 unspecified atom stereocenters. The van der Waals surface area contributed by atoms with Crippen LogP contribution in [0.4, 0.5) is 0 Å². The average Bonchev–Trinajstić information content (AvgIpc) is 2.40. The largest absolute Gasteiger partial charge is 0.380 e. The van der Waals surface area contributed by atoms with Crippen LogP contribution in [0.5, 0.6) is 0 Å². The highest BCUT2D eigenvalue weighted by Crippen LogP contribution is 2.29. The fourth-order valence-electron chi connectivity index (χ4n) is 2.31. The van der Waals surface area contributed by atoms with Crippen molar-refractivity contribution in [3.63, 3.8) is 0 Å². The molecule has 1 aliphatic rings. The van der Waals surface area contributed by atoms with Crippen molar-refractivity contribution in [3.05, 3.63) is 34.3 Å². The lowest BCUT2D eigenvalue weighted by Gasteiger charge is -2.32. The second-order valence-electron chi connectivity index (χ2n) is 5.34. The van der Waals surface area contributed by atoms with Crippen LogP contribution in [0.1, 0.15) is 31.7 Å². The first-order valence-corrected chi connectivity index (χ1v) is 9.08. The van der Waals surface area contributed by atoms with E-state index in [0.717, 1.165) is 16.5 Å². The first-order valence-electron chi connectivity index (χ1n) is 6.74. The molecule has 4 nitrogen and oxygen atoms in total. The third-order valence-electron chi connectivity index (χ3n) is 3.59. The van der Waals surface area contributed by atoms with Crippen molar-refractivity contribution in [1.29, 1.82) is 0 Å². The molecule has 2 rings (SSSR count). The van der Waals surface area contributed by atoms with Gasteiger partial charge >= 0.3 is 0 Å². The summed E-state index contributed by atoms with van der Waals surface area (Å²) in [6.45, 7) is 4.45. The van der Waals surface area contributed by atoms with Gasteiger partial charge < -0.3 is 4.74 Å². The smallest absolute Gasteiger partial charge is 0.214 e. The van der Waals surface area contributed by atoms with Gasteiger partial charge in [0, 0.05) is 17.0 Å². The fraction of sp³-hybridized carbons (Fsp3) is 0.571. The molecule has 0 radical (unpaired) electrons. The van der Waals surface area contributed by atoms with Gasteiger partial charge in [0.25, 0.3) is 0 Å². The van der Waals surface area contributed by atoms with E-state index in [-0.39, 0.29) is 12.0 Å². The molecule has 1 heterocycles. The van der Waals surface area contributed by atoms with Gasteiger partial charge in [0.2, 0.25) is 10.0 Å². The Kier molecular flexibility index (Phi) is 5.23. The first kappa shape index (κ1) is 15.9. The lowest BCUT2D eigenvalue weighted by molar-refractivity contribution is 0.0644. The Morgan fingerprint density at radius 2 is 1.95 bits per heavy atom. The zero-order valence-electron chi connectivity index (χ0n) is 11.7. The predicted octanol–water partition coefficient (Wildman–Crippen LogP) is 2.65. The molecule has 112 valence electrons. The number of sulfonamides is 1. The summed E-state index contributed by atoms with van der Waals surface area (Å²) in [4.78, 5) is 0. The monoisotopic (exact) mass is 361 g/mol. The number of benzene rings is 1.